The molecule has 0 amide bonds. The van der Waals surface area contributed by atoms with Gasteiger partial charge in [-0.3, -0.25) is 0 Å². The molecule has 2 aliphatic rings. The van der Waals surface area contributed by atoms with Crippen LogP contribution in [0, 0.1) is 0 Å². The van der Waals surface area contributed by atoms with Crippen LogP contribution in [0.5, 0.6) is 0 Å². The minimum atomic E-state index is 0. The minimum absolute atomic E-state index is 0. The van der Waals surface area contributed by atoms with Crippen molar-refractivity contribution in [2.24, 2.45) is 28.2 Å². The van der Waals surface area contributed by atoms with Gasteiger partial charge in [-0.05, 0) is 44.5 Å². The Kier molecular flexibility index (Phi) is 12.1. The van der Waals surface area contributed by atoms with Gasteiger partial charge in [-0.1, -0.05) is 92.8 Å². The van der Waals surface area contributed by atoms with E-state index >= 15 is 0 Å². The van der Waals surface area contributed by atoms with Gasteiger partial charge in [-0.15, -0.1) is 22.1 Å². The maximum atomic E-state index is 7.30. The summed E-state index contributed by atoms with van der Waals surface area (Å²) in [6.07, 6.45) is 15.1. The summed E-state index contributed by atoms with van der Waals surface area (Å²) in [6.45, 7) is 0. The fourth-order valence-corrected chi connectivity index (χ4v) is 9.02. The largest absolute Gasteiger partial charge is 2.00 e. The normalized spacial score (nSPS) is 12.7. The monoisotopic (exact) mass is 1000 g/mol. The molecule has 7 aromatic heterocycles. The standard InChI is InChI=1S/C44H28Cl8N8.Mn/c1-57-13-5-21(6-14-57)25-37-29(45)31(47)39(53-37)26(22-7-15-58(2)16-8-22)41-33(49)35(51)43(55-41)28(24-11-19-60(4)20-12-24)44-36(52)34(50)42(56-44)27(23-9-17-59(3)18-10-23)40-32(48)30(46)38(25)54-40;/h5-20H,1-4H3;/q2*+2. The Morgan fingerprint density at radius 3 is 0.705 bits per heavy atom. The van der Waals surface area contributed by atoms with Crippen LogP contribution in [0.3, 0.4) is 0 Å². The smallest absolute Gasteiger partial charge is 0.654 e. The van der Waals surface area contributed by atoms with Crippen molar-refractivity contribution in [1.29, 1.82) is 0 Å². The summed E-state index contributed by atoms with van der Waals surface area (Å²) in [5, 5.41) is 1.15. The number of halogens is 8. The summed E-state index contributed by atoms with van der Waals surface area (Å²) in [5.74, 6) is 0. The molecule has 8 nitrogen and oxygen atoms in total. The van der Waals surface area contributed by atoms with Crippen molar-refractivity contribution in [3.8, 4) is 44.5 Å². The van der Waals surface area contributed by atoms with Gasteiger partial charge in [0.15, 0.2) is 49.6 Å². The van der Waals surface area contributed by atoms with E-state index in [0.717, 1.165) is 0 Å². The van der Waals surface area contributed by atoms with Crippen molar-refractivity contribution >= 4 is 135 Å². The van der Waals surface area contributed by atoms with Gasteiger partial charge in [0.1, 0.15) is 28.2 Å². The summed E-state index contributed by atoms with van der Waals surface area (Å²) in [7, 11) is 7.64. The van der Waals surface area contributed by atoms with Gasteiger partial charge < -0.3 is 9.97 Å². The van der Waals surface area contributed by atoms with E-state index in [1.807, 2.05) is 145 Å². The van der Waals surface area contributed by atoms with Crippen LogP contribution in [-0.4, -0.2) is 9.97 Å². The Hall–Kier alpha value is -3.96. The van der Waals surface area contributed by atoms with Crippen LogP contribution in [0.25, 0.3) is 86.7 Å². The molecule has 0 saturated heterocycles. The number of aromatic nitrogens is 8. The van der Waals surface area contributed by atoms with E-state index < -0.39 is 0 Å². The van der Waals surface area contributed by atoms with Crippen LogP contribution in [0.1, 0.15) is 22.8 Å². The average Bonchev–Trinajstić information content (AvgIpc) is 3.89. The molecule has 0 aromatic carbocycles. The van der Waals surface area contributed by atoms with Crippen LogP contribution in [0.4, 0.5) is 0 Å². The van der Waals surface area contributed by atoms with Crippen molar-refractivity contribution in [1.82, 2.24) is 19.9 Å². The molecule has 9 heterocycles. The minimum Gasteiger partial charge on any atom is -0.654 e. The van der Waals surface area contributed by atoms with Gasteiger partial charge in [-0.2, -0.15) is 0 Å². The second-order valence-corrected chi connectivity index (χ2v) is 17.3. The van der Waals surface area contributed by atoms with Crippen molar-refractivity contribution in [2.75, 3.05) is 0 Å². The molecule has 0 fully saturated rings. The molecule has 9 rings (SSSR count). The Morgan fingerprint density at radius 1 is 0.344 bits per heavy atom. The molecule has 0 unspecified atom stereocenters. The Morgan fingerprint density at radius 2 is 0.525 bits per heavy atom. The van der Waals surface area contributed by atoms with E-state index in [2.05, 4.69) is 0 Å². The number of pyridine rings is 4. The van der Waals surface area contributed by atoms with E-state index in [1.54, 1.807) is 0 Å². The zero-order valence-corrected chi connectivity index (χ0v) is 39.4. The first kappa shape index (κ1) is 43.7. The third-order valence-electron chi connectivity index (χ3n) is 10.3. The van der Waals surface area contributed by atoms with Gasteiger partial charge in [0.05, 0.1) is 42.9 Å². The average molecular weight is 1010 g/mol. The maximum Gasteiger partial charge on any atom is 2.00 e. The van der Waals surface area contributed by atoms with Gasteiger partial charge in [0.25, 0.3) is 0 Å². The van der Waals surface area contributed by atoms with E-state index in [4.69, 9.17) is 113 Å². The molecule has 0 spiro atoms. The number of fused-ring (bicyclic) bond motifs is 8. The summed E-state index contributed by atoms with van der Waals surface area (Å²) in [5.41, 5.74) is 6.92. The molecular weight excluding hydrogens is 979 g/mol. The van der Waals surface area contributed by atoms with E-state index in [1.165, 1.54) is 0 Å². The fraction of sp³-hybridized carbons (Fsp3) is 0.0909. The van der Waals surface area contributed by atoms with E-state index in [9.17, 15) is 0 Å². The first-order chi connectivity index (χ1) is 28.7. The molecule has 0 saturated carbocycles. The fourth-order valence-electron chi connectivity index (χ4n) is 7.21. The molecular formula is C44H28Cl8MnN8+4. The molecule has 17 heteroatoms. The molecule has 7 aromatic rings. The van der Waals surface area contributed by atoms with Gasteiger partial charge in [-0.25, -0.2) is 28.2 Å². The van der Waals surface area contributed by atoms with Crippen LogP contribution < -0.4 is 28.2 Å². The molecule has 1 radical (unpaired) electrons. The molecule has 303 valence electrons. The summed E-state index contributed by atoms with van der Waals surface area (Å²) in [4.78, 5) is 20.9. The van der Waals surface area contributed by atoms with E-state index in [0.29, 0.717) is 89.4 Å². The van der Waals surface area contributed by atoms with Crippen LogP contribution in [0.2, 0.25) is 20.1 Å². The number of hydrogen-bond donors (Lipinski definition) is 0. The zero-order chi connectivity index (χ0) is 42.3. The quantitative estimate of drug-likeness (QED) is 0.130. The molecule has 0 N–H and O–H groups in total. The Labute approximate surface area is 400 Å². The van der Waals surface area contributed by atoms with Crippen molar-refractivity contribution in [2.45, 2.75) is 0 Å². The van der Waals surface area contributed by atoms with Crippen molar-refractivity contribution < 1.29 is 35.3 Å². The second kappa shape index (κ2) is 17.0. The second-order valence-electron chi connectivity index (χ2n) is 14.3. The number of rotatable bonds is 4. The topological polar surface area (TPSA) is 69.5 Å². The van der Waals surface area contributed by atoms with Gasteiger partial charge >= 0.3 is 17.1 Å². The first-order valence-electron chi connectivity index (χ1n) is 18.1. The van der Waals surface area contributed by atoms with Crippen molar-refractivity contribution in [3.05, 3.63) is 141 Å². The third kappa shape index (κ3) is 7.47. The SMILES string of the molecule is C[n+]1ccc(-c2c3nc(c(-c4cc[n+](C)cc4)c4[n-]c(c(Cl)c4Cl)c(-c4cc[n+](C)cc4)c4nc(c(-c5cc[n+](C)cc5)c5[n-]c2c(Cl)c5Cl)C(Cl)=C4Cl)C(Cl)=C3Cl)cc1.[Mn+2]. The number of hydrogen-bond acceptors (Lipinski definition) is 2. The maximum absolute atomic E-state index is 7.30. The Bertz CT molecular complexity index is 2770. The summed E-state index contributed by atoms with van der Waals surface area (Å²) in [6, 6.07) is 15.2. The first-order valence-corrected chi connectivity index (χ1v) is 21.2. The molecule has 0 aliphatic carbocycles. The molecule has 0 atom stereocenters. The molecule has 61 heavy (non-hydrogen) atoms. The summed E-state index contributed by atoms with van der Waals surface area (Å²) < 4.78 is 7.59. The summed E-state index contributed by atoms with van der Waals surface area (Å²) >= 11 is 58.4. The zero-order valence-electron chi connectivity index (χ0n) is 32.2. The number of aryl methyl sites for hydroxylation is 4. The van der Waals surface area contributed by atoms with Crippen LogP contribution in [0.15, 0.2) is 98.1 Å². The number of nitrogens with zero attached hydrogens (tertiary/aromatic N) is 8. The molecule has 8 bridgehead atoms. The van der Waals surface area contributed by atoms with Gasteiger partial charge in [0.2, 0.25) is 0 Å². The predicted molar refractivity (Wildman–Crippen MR) is 242 cm³/mol. The molecule has 2 aliphatic heterocycles. The van der Waals surface area contributed by atoms with Crippen molar-refractivity contribution in [3.63, 3.8) is 0 Å². The third-order valence-corrected chi connectivity index (χ3v) is 13.6. The van der Waals surface area contributed by atoms with Crippen LogP contribution in [-0.2, 0) is 45.3 Å². The predicted octanol–water partition coefficient (Wildman–Crippen LogP) is 10.8. The Balaban J connectivity index is 0.00000514. The van der Waals surface area contributed by atoms with Gasteiger partial charge in [0, 0.05) is 68.6 Å². The van der Waals surface area contributed by atoms with Crippen LogP contribution >= 0.6 is 92.8 Å². The van der Waals surface area contributed by atoms with E-state index in [-0.39, 0.29) is 57.3 Å².